The fraction of sp³-hybridized carbons (Fsp3) is 0.500. The summed E-state index contributed by atoms with van der Waals surface area (Å²) in [5, 5.41) is 3.00. The Bertz CT molecular complexity index is 416. The Labute approximate surface area is 118 Å². The first kappa shape index (κ1) is 15.2. The average molecular weight is 314 g/mol. The number of carbonyl (C=O) groups is 1. The standard InChI is InChI=1S/C14H21BrN2O/c1-14(2,10-17(3)4)9-16-13(18)11-6-5-7-12(15)8-11/h5-8H,9-10H2,1-4H3,(H,16,18)/p+1. The third kappa shape index (κ3) is 5.19. The summed E-state index contributed by atoms with van der Waals surface area (Å²) < 4.78 is 0.923. The zero-order chi connectivity index (χ0) is 13.8. The summed E-state index contributed by atoms with van der Waals surface area (Å²) in [7, 11) is 4.25. The Balaban J connectivity index is 2.56. The van der Waals surface area contributed by atoms with Crippen molar-refractivity contribution in [2.24, 2.45) is 5.41 Å². The highest BCUT2D eigenvalue weighted by Gasteiger charge is 2.22. The normalized spacial score (nSPS) is 11.7. The molecule has 1 amide bonds. The van der Waals surface area contributed by atoms with E-state index in [9.17, 15) is 4.79 Å². The van der Waals surface area contributed by atoms with Gasteiger partial charge in [0.15, 0.2) is 0 Å². The molecule has 0 aromatic heterocycles. The van der Waals surface area contributed by atoms with E-state index in [0.717, 1.165) is 11.0 Å². The minimum Gasteiger partial charge on any atom is -0.351 e. The molecule has 18 heavy (non-hydrogen) atoms. The van der Waals surface area contributed by atoms with Crippen LogP contribution in [0.2, 0.25) is 0 Å². The minimum absolute atomic E-state index is 0.0156. The van der Waals surface area contributed by atoms with Gasteiger partial charge in [-0.3, -0.25) is 4.79 Å². The lowest BCUT2D eigenvalue weighted by Gasteiger charge is -2.26. The molecule has 1 rings (SSSR count). The lowest BCUT2D eigenvalue weighted by molar-refractivity contribution is -0.865. The largest absolute Gasteiger partial charge is 0.351 e. The number of hydrogen-bond donors (Lipinski definition) is 2. The number of benzene rings is 1. The van der Waals surface area contributed by atoms with Crippen molar-refractivity contribution in [3.8, 4) is 0 Å². The summed E-state index contributed by atoms with van der Waals surface area (Å²) in [6.45, 7) is 6.04. The van der Waals surface area contributed by atoms with Crippen LogP contribution in [0.3, 0.4) is 0 Å². The molecule has 2 N–H and O–H groups in total. The quantitative estimate of drug-likeness (QED) is 0.845. The second-order valence-electron chi connectivity index (χ2n) is 5.74. The molecule has 0 heterocycles. The first-order chi connectivity index (χ1) is 8.30. The van der Waals surface area contributed by atoms with E-state index in [1.54, 1.807) is 0 Å². The van der Waals surface area contributed by atoms with Crippen LogP contribution >= 0.6 is 15.9 Å². The molecule has 3 nitrogen and oxygen atoms in total. The molecule has 100 valence electrons. The highest BCUT2D eigenvalue weighted by Crippen LogP contribution is 2.13. The van der Waals surface area contributed by atoms with Gasteiger partial charge in [-0.2, -0.15) is 0 Å². The van der Waals surface area contributed by atoms with E-state index >= 15 is 0 Å². The van der Waals surface area contributed by atoms with Gasteiger partial charge in [-0.1, -0.05) is 35.8 Å². The Kier molecular flexibility index (Phi) is 5.35. The molecule has 0 fully saturated rings. The predicted molar refractivity (Wildman–Crippen MR) is 77.9 cm³/mol. The molecule has 0 atom stereocenters. The molecule has 1 aromatic carbocycles. The summed E-state index contributed by atoms with van der Waals surface area (Å²) in [5.41, 5.74) is 0.790. The number of hydrogen-bond acceptors (Lipinski definition) is 1. The molecule has 4 heteroatoms. The van der Waals surface area contributed by atoms with E-state index in [1.165, 1.54) is 4.90 Å². The minimum atomic E-state index is -0.0156. The van der Waals surface area contributed by atoms with Gasteiger partial charge in [0.2, 0.25) is 0 Å². The smallest absolute Gasteiger partial charge is 0.251 e. The van der Waals surface area contributed by atoms with E-state index in [1.807, 2.05) is 24.3 Å². The summed E-state index contributed by atoms with van der Waals surface area (Å²) in [6, 6.07) is 7.44. The fourth-order valence-electron chi connectivity index (χ4n) is 2.07. The Morgan fingerprint density at radius 2 is 2.06 bits per heavy atom. The second-order valence-corrected chi connectivity index (χ2v) is 6.66. The SMILES string of the molecule is C[NH+](C)CC(C)(C)CNC(=O)c1cccc(Br)c1. The van der Waals surface area contributed by atoms with E-state index in [2.05, 4.69) is 49.2 Å². The summed E-state index contributed by atoms with van der Waals surface area (Å²) >= 11 is 3.37. The van der Waals surface area contributed by atoms with E-state index in [4.69, 9.17) is 0 Å². The van der Waals surface area contributed by atoms with Crippen molar-refractivity contribution in [3.05, 3.63) is 34.3 Å². The maximum Gasteiger partial charge on any atom is 0.251 e. The van der Waals surface area contributed by atoms with Crippen molar-refractivity contribution in [1.29, 1.82) is 0 Å². The maximum atomic E-state index is 12.0. The van der Waals surface area contributed by atoms with E-state index in [-0.39, 0.29) is 11.3 Å². The fourth-order valence-corrected chi connectivity index (χ4v) is 2.47. The van der Waals surface area contributed by atoms with Gasteiger partial charge in [0.25, 0.3) is 5.91 Å². The van der Waals surface area contributed by atoms with Crippen LogP contribution in [0, 0.1) is 5.41 Å². The monoisotopic (exact) mass is 313 g/mol. The Hall–Kier alpha value is -0.870. The van der Waals surface area contributed by atoms with Crippen molar-refractivity contribution >= 4 is 21.8 Å². The van der Waals surface area contributed by atoms with Gasteiger partial charge in [0.05, 0.1) is 20.6 Å². The highest BCUT2D eigenvalue weighted by atomic mass is 79.9. The van der Waals surface area contributed by atoms with Gasteiger partial charge in [-0.05, 0) is 18.2 Å². The number of quaternary nitrogens is 1. The third-order valence-electron chi connectivity index (χ3n) is 2.65. The lowest BCUT2D eigenvalue weighted by Crippen LogP contribution is -3.07. The molecule has 0 unspecified atom stereocenters. The van der Waals surface area contributed by atoms with Crippen LogP contribution in [0.4, 0.5) is 0 Å². The molecule has 0 saturated heterocycles. The molecule has 0 bridgehead atoms. The van der Waals surface area contributed by atoms with E-state index < -0.39 is 0 Å². The van der Waals surface area contributed by atoms with Crippen LogP contribution in [0.25, 0.3) is 0 Å². The number of carbonyl (C=O) groups excluding carboxylic acids is 1. The lowest BCUT2D eigenvalue weighted by atomic mass is 9.93. The molecule has 0 saturated carbocycles. The second kappa shape index (κ2) is 6.34. The number of amides is 1. The maximum absolute atomic E-state index is 12.0. The highest BCUT2D eigenvalue weighted by molar-refractivity contribution is 9.10. The summed E-state index contributed by atoms with van der Waals surface area (Å²) in [5.74, 6) is -0.0156. The van der Waals surface area contributed by atoms with E-state index in [0.29, 0.717) is 12.1 Å². The van der Waals surface area contributed by atoms with Crippen LogP contribution < -0.4 is 10.2 Å². The zero-order valence-corrected chi connectivity index (χ0v) is 13.1. The third-order valence-corrected chi connectivity index (χ3v) is 3.14. The topological polar surface area (TPSA) is 33.5 Å². The van der Waals surface area contributed by atoms with Crippen molar-refractivity contribution in [3.63, 3.8) is 0 Å². The van der Waals surface area contributed by atoms with Crippen molar-refractivity contribution < 1.29 is 9.69 Å². The van der Waals surface area contributed by atoms with Crippen LogP contribution in [0.15, 0.2) is 28.7 Å². The first-order valence-corrected chi connectivity index (χ1v) is 6.92. The average Bonchev–Trinajstić information content (AvgIpc) is 2.24. The molecular weight excluding hydrogens is 292 g/mol. The van der Waals surface area contributed by atoms with Gasteiger partial charge in [-0.15, -0.1) is 0 Å². The van der Waals surface area contributed by atoms with Gasteiger partial charge in [0.1, 0.15) is 0 Å². The summed E-state index contributed by atoms with van der Waals surface area (Å²) in [4.78, 5) is 13.4. The number of rotatable bonds is 5. The zero-order valence-electron chi connectivity index (χ0n) is 11.5. The molecular formula is C14H22BrN2O+. The van der Waals surface area contributed by atoms with Crippen molar-refractivity contribution in [2.45, 2.75) is 13.8 Å². The van der Waals surface area contributed by atoms with Crippen molar-refractivity contribution in [2.75, 3.05) is 27.2 Å². The predicted octanol–water partition coefficient (Wildman–Crippen LogP) is 1.35. The number of nitrogens with one attached hydrogen (secondary N) is 2. The molecule has 0 spiro atoms. The van der Waals surface area contributed by atoms with Gasteiger partial charge in [-0.25, -0.2) is 0 Å². The van der Waals surface area contributed by atoms with Gasteiger partial charge >= 0.3 is 0 Å². The van der Waals surface area contributed by atoms with Crippen molar-refractivity contribution in [1.82, 2.24) is 5.32 Å². The van der Waals surface area contributed by atoms with Crippen LogP contribution in [0.1, 0.15) is 24.2 Å². The van der Waals surface area contributed by atoms with Crippen LogP contribution in [0.5, 0.6) is 0 Å². The first-order valence-electron chi connectivity index (χ1n) is 6.13. The molecule has 0 aliphatic carbocycles. The molecule has 0 radical (unpaired) electrons. The number of halogens is 1. The van der Waals surface area contributed by atoms with Crippen LogP contribution in [-0.2, 0) is 0 Å². The Morgan fingerprint density at radius 1 is 1.39 bits per heavy atom. The van der Waals surface area contributed by atoms with Crippen LogP contribution in [-0.4, -0.2) is 33.1 Å². The van der Waals surface area contributed by atoms with Gasteiger partial charge < -0.3 is 10.2 Å². The summed E-state index contributed by atoms with van der Waals surface area (Å²) in [6.07, 6.45) is 0. The molecule has 1 aromatic rings. The molecule has 0 aliphatic rings. The molecule has 0 aliphatic heterocycles. The van der Waals surface area contributed by atoms with Gasteiger partial charge in [0, 0.05) is 22.0 Å². The Morgan fingerprint density at radius 3 is 2.61 bits per heavy atom.